The minimum atomic E-state index is -0.435. The number of nitrogens with zero attached hydrogens (tertiary/aromatic N) is 2. The number of carbonyl (C=O) groups is 1. The molecule has 1 fully saturated rings. The van der Waals surface area contributed by atoms with E-state index in [0.717, 1.165) is 31.5 Å². The van der Waals surface area contributed by atoms with Crippen LogP contribution in [-0.4, -0.2) is 40.4 Å². The third-order valence-corrected chi connectivity index (χ3v) is 5.01. The van der Waals surface area contributed by atoms with E-state index in [0.29, 0.717) is 11.6 Å². The van der Waals surface area contributed by atoms with E-state index in [4.69, 9.17) is 11.6 Å². The number of hydrogen-bond donors (Lipinski definition) is 2. The molecule has 138 valence electrons. The van der Waals surface area contributed by atoms with Crippen molar-refractivity contribution >= 4 is 17.5 Å². The number of carbonyl (C=O) groups excluding carboxylic acids is 1. The summed E-state index contributed by atoms with van der Waals surface area (Å²) in [7, 11) is 0. The second kappa shape index (κ2) is 8.96. The Kier molecular flexibility index (Phi) is 6.41. The summed E-state index contributed by atoms with van der Waals surface area (Å²) in [5, 5.41) is 3.59. The molecule has 0 saturated carbocycles. The number of nitrogens with one attached hydrogen (secondary N) is 2. The lowest BCUT2D eigenvalue weighted by atomic mass is 10.0. The highest BCUT2D eigenvalue weighted by atomic mass is 35.5. The number of rotatable bonds is 5. The first-order valence-corrected chi connectivity index (χ1v) is 9.33. The Morgan fingerprint density at radius 3 is 2.54 bits per heavy atom. The van der Waals surface area contributed by atoms with Gasteiger partial charge < -0.3 is 10.3 Å². The summed E-state index contributed by atoms with van der Waals surface area (Å²) in [6.45, 7) is 2.42. The van der Waals surface area contributed by atoms with Crippen LogP contribution in [0.3, 0.4) is 0 Å². The van der Waals surface area contributed by atoms with Crippen molar-refractivity contribution < 1.29 is 4.79 Å². The topological polar surface area (TPSA) is 78.1 Å². The van der Waals surface area contributed by atoms with E-state index in [1.54, 1.807) is 0 Å². The lowest BCUT2D eigenvalue weighted by Crippen LogP contribution is -2.40. The quantitative estimate of drug-likeness (QED) is 0.843. The van der Waals surface area contributed by atoms with Crippen molar-refractivity contribution in [2.45, 2.75) is 31.7 Å². The average molecular weight is 375 g/mol. The molecule has 3 rings (SSSR count). The van der Waals surface area contributed by atoms with Gasteiger partial charge in [-0.3, -0.25) is 14.5 Å². The Bertz CT molecular complexity index is 783. The SMILES string of the molecule is O=C(NCC(c1ccc(Cl)cc1)N1CCCCCC1)c1cnc[nH]c1=O. The van der Waals surface area contributed by atoms with Crippen LogP contribution in [-0.2, 0) is 0 Å². The van der Waals surface area contributed by atoms with Crippen LogP contribution >= 0.6 is 11.6 Å². The molecule has 0 radical (unpaired) electrons. The van der Waals surface area contributed by atoms with Gasteiger partial charge in [0.15, 0.2) is 0 Å². The Morgan fingerprint density at radius 2 is 1.88 bits per heavy atom. The number of aromatic nitrogens is 2. The van der Waals surface area contributed by atoms with Crippen LogP contribution in [0.2, 0.25) is 5.02 Å². The van der Waals surface area contributed by atoms with Crippen LogP contribution in [0.4, 0.5) is 0 Å². The van der Waals surface area contributed by atoms with Crippen molar-refractivity contribution in [3.8, 4) is 0 Å². The summed E-state index contributed by atoms with van der Waals surface area (Å²) < 4.78 is 0. The van der Waals surface area contributed by atoms with Gasteiger partial charge in [-0.2, -0.15) is 0 Å². The minimum absolute atomic E-state index is 0.0261. The monoisotopic (exact) mass is 374 g/mol. The second-order valence-electron chi connectivity index (χ2n) is 6.52. The molecule has 1 amide bonds. The molecule has 2 N–H and O–H groups in total. The zero-order valence-corrected chi connectivity index (χ0v) is 15.3. The molecule has 2 heterocycles. The molecule has 6 nitrogen and oxygen atoms in total. The Labute approximate surface area is 157 Å². The van der Waals surface area contributed by atoms with Crippen LogP contribution in [0.1, 0.15) is 47.6 Å². The molecule has 0 bridgehead atoms. The van der Waals surface area contributed by atoms with Crippen molar-refractivity contribution in [2.75, 3.05) is 19.6 Å². The maximum Gasteiger partial charge on any atom is 0.263 e. The van der Waals surface area contributed by atoms with Crippen LogP contribution in [0.25, 0.3) is 0 Å². The summed E-state index contributed by atoms with van der Waals surface area (Å²) in [4.78, 5) is 32.8. The number of benzene rings is 1. The molecule has 1 aliphatic rings. The van der Waals surface area contributed by atoms with Gasteiger partial charge in [-0.1, -0.05) is 36.6 Å². The van der Waals surface area contributed by atoms with Crippen LogP contribution in [0.15, 0.2) is 41.6 Å². The molecule has 26 heavy (non-hydrogen) atoms. The maximum atomic E-state index is 12.4. The van der Waals surface area contributed by atoms with Crippen molar-refractivity contribution in [1.29, 1.82) is 0 Å². The first-order valence-electron chi connectivity index (χ1n) is 8.95. The highest BCUT2D eigenvalue weighted by Crippen LogP contribution is 2.25. The summed E-state index contributed by atoms with van der Waals surface area (Å²) in [5.41, 5.74) is 0.699. The zero-order valence-electron chi connectivity index (χ0n) is 14.6. The van der Waals surface area contributed by atoms with Crippen molar-refractivity contribution in [3.05, 3.63) is 63.3 Å². The van der Waals surface area contributed by atoms with Gasteiger partial charge in [0.1, 0.15) is 5.56 Å². The zero-order chi connectivity index (χ0) is 18.4. The number of amides is 1. The van der Waals surface area contributed by atoms with Gasteiger partial charge in [-0.15, -0.1) is 0 Å². The van der Waals surface area contributed by atoms with E-state index in [1.807, 2.05) is 24.3 Å². The van der Waals surface area contributed by atoms with Crippen LogP contribution < -0.4 is 10.9 Å². The molecule has 1 aliphatic heterocycles. The number of aromatic amines is 1. The summed E-state index contributed by atoms with van der Waals surface area (Å²) in [6.07, 6.45) is 7.34. The number of likely N-dealkylation sites (tertiary alicyclic amines) is 1. The fourth-order valence-electron chi connectivity index (χ4n) is 3.34. The molecule has 0 aliphatic carbocycles. The minimum Gasteiger partial charge on any atom is -0.350 e. The van der Waals surface area contributed by atoms with Gasteiger partial charge in [0.2, 0.25) is 0 Å². The molecule has 1 aromatic carbocycles. The summed E-state index contributed by atoms with van der Waals surface area (Å²) >= 11 is 6.02. The lowest BCUT2D eigenvalue weighted by Gasteiger charge is -2.31. The number of H-pyrrole nitrogens is 1. The molecular formula is C19H23ClN4O2. The molecular weight excluding hydrogens is 352 g/mol. The highest BCUT2D eigenvalue weighted by molar-refractivity contribution is 6.30. The molecule has 0 spiro atoms. The van der Waals surface area contributed by atoms with Gasteiger partial charge in [0.05, 0.1) is 12.4 Å². The largest absolute Gasteiger partial charge is 0.350 e. The van der Waals surface area contributed by atoms with Crippen LogP contribution in [0.5, 0.6) is 0 Å². The Hall–Kier alpha value is -2.18. The number of halogens is 1. The third kappa shape index (κ3) is 4.71. The number of hydrogen-bond acceptors (Lipinski definition) is 4. The molecule has 1 saturated heterocycles. The predicted molar refractivity (Wildman–Crippen MR) is 101 cm³/mol. The summed E-state index contributed by atoms with van der Waals surface area (Å²) in [6, 6.07) is 7.79. The van der Waals surface area contributed by atoms with E-state index < -0.39 is 11.5 Å². The second-order valence-corrected chi connectivity index (χ2v) is 6.96. The van der Waals surface area contributed by atoms with E-state index in [2.05, 4.69) is 20.2 Å². The smallest absolute Gasteiger partial charge is 0.263 e. The van der Waals surface area contributed by atoms with E-state index in [9.17, 15) is 9.59 Å². The van der Waals surface area contributed by atoms with Crippen molar-refractivity contribution in [3.63, 3.8) is 0 Å². The van der Waals surface area contributed by atoms with E-state index in [-0.39, 0.29) is 11.6 Å². The predicted octanol–water partition coefficient (Wildman–Crippen LogP) is 2.77. The standard InChI is InChI=1S/C19H23ClN4O2/c20-15-7-5-14(6-8-15)17(24-9-3-1-2-4-10-24)12-22-18(25)16-11-21-13-23-19(16)26/h5-8,11,13,17H,1-4,9-10,12H2,(H,22,25)(H,21,23,26). The van der Waals surface area contributed by atoms with Crippen molar-refractivity contribution in [1.82, 2.24) is 20.2 Å². The Balaban J connectivity index is 1.76. The average Bonchev–Trinajstić information content (AvgIpc) is 2.93. The van der Waals surface area contributed by atoms with Crippen LogP contribution in [0, 0.1) is 0 Å². The highest BCUT2D eigenvalue weighted by Gasteiger charge is 2.23. The third-order valence-electron chi connectivity index (χ3n) is 4.76. The van der Waals surface area contributed by atoms with Gasteiger partial charge in [-0.05, 0) is 43.6 Å². The molecule has 1 unspecified atom stereocenters. The van der Waals surface area contributed by atoms with E-state index in [1.165, 1.54) is 25.4 Å². The fraction of sp³-hybridized carbons (Fsp3) is 0.421. The molecule has 2 aromatic rings. The molecule has 7 heteroatoms. The van der Waals surface area contributed by atoms with Gasteiger partial charge in [0, 0.05) is 17.8 Å². The maximum absolute atomic E-state index is 12.4. The lowest BCUT2D eigenvalue weighted by molar-refractivity contribution is 0.0931. The van der Waals surface area contributed by atoms with Crippen molar-refractivity contribution in [2.24, 2.45) is 0 Å². The first kappa shape index (κ1) is 18.6. The summed E-state index contributed by atoms with van der Waals surface area (Å²) in [5.74, 6) is -0.409. The van der Waals surface area contributed by atoms with E-state index >= 15 is 0 Å². The van der Waals surface area contributed by atoms with Gasteiger partial charge in [-0.25, -0.2) is 4.98 Å². The molecule has 1 atom stereocenters. The van der Waals surface area contributed by atoms with Gasteiger partial charge in [0.25, 0.3) is 11.5 Å². The normalized spacial score (nSPS) is 16.7. The van der Waals surface area contributed by atoms with Gasteiger partial charge >= 0.3 is 0 Å². The fourth-order valence-corrected chi connectivity index (χ4v) is 3.47. The Morgan fingerprint density at radius 1 is 1.19 bits per heavy atom. The molecule has 1 aromatic heterocycles. The first-order chi connectivity index (χ1) is 12.6.